The molecule has 1 aromatic heterocycles. The van der Waals surface area contributed by atoms with Crippen LogP contribution in [-0.2, 0) is 0 Å². The molecule has 2 heterocycles. The van der Waals surface area contributed by atoms with Gasteiger partial charge in [-0.1, -0.05) is 12.8 Å². The Balaban J connectivity index is 0.00000192. The van der Waals surface area contributed by atoms with Crippen LogP contribution in [0.25, 0.3) is 0 Å². The minimum Gasteiger partial charge on any atom is -0.490 e. The molecular formula is C17H27IN4O. The first-order chi connectivity index (χ1) is 10.9. The fourth-order valence-corrected chi connectivity index (χ4v) is 3.68. The predicted octanol–water partition coefficient (Wildman–Crippen LogP) is 2.78. The molecule has 1 saturated carbocycles. The number of ether oxygens (including phenoxy) is 1. The summed E-state index contributed by atoms with van der Waals surface area (Å²) in [7, 11) is 1.87. The van der Waals surface area contributed by atoms with Gasteiger partial charge in [-0.3, -0.25) is 9.98 Å². The van der Waals surface area contributed by atoms with Crippen molar-refractivity contribution in [3.63, 3.8) is 0 Å². The second kappa shape index (κ2) is 9.30. The molecule has 0 radical (unpaired) electrons. The Hall–Kier alpha value is -1.05. The van der Waals surface area contributed by atoms with Gasteiger partial charge in [0, 0.05) is 26.3 Å². The summed E-state index contributed by atoms with van der Waals surface area (Å²) >= 11 is 0. The second-order valence-electron chi connectivity index (χ2n) is 6.22. The topological polar surface area (TPSA) is 49.8 Å². The minimum atomic E-state index is 0. The summed E-state index contributed by atoms with van der Waals surface area (Å²) < 4.78 is 5.66. The van der Waals surface area contributed by atoms with Crippen LogP contribution < -0.4 is 10.1 Å². The van der Waals surface area contributed by atoms with Crippen LogP contribution in [-0.4, -0.2) is 49.1 Å². The van der Waals surface area contributed by atoms with E-state index in [1.54, 1.807) is 12.4 Å². The van der Waals surface area contributed by atoms with Gasteiger partial charge in [0.2, 0.25) is 0 Å². The SMILES string of the molecule is CN=C(NCCOc1cccnc1)N1CC2CCCCC2C1.I. The zero-order valence-electron chi connectivity index (χ0n) is 13.8. The van der Waals surface area contributed by atoms with Crippen molar-refractivity contribution < 1.29 is 4.74 Å². The van der Waals surface area contributed by atoms with E-state index in [2.05, 4.69) is 20.2 Å². The van der Waals surface area contributed by atoms with Crippen LogP contribution in [0.3, 0.4) is 0 Å². The molecule has 6 heteroatoms. The monoisotopic (exact) mass is 430 g/mol. The van der Waals surface area contributed by atoms with E-state index in [4.69, 9.17) is 4.74 Å². The van der Waals surface area contributed by atoms with E-state index < -0.39 is 0 Å². The van der Waals surface area contributed by atoms with Crippen LogP contribution in [0.1, 0.15) is 25.7 Å². The van der Waals surface area contributed by atoms with E-state index in [1.165, 1.54) is 25.7 Å². The second-order valence-corrected chi connectivity index (χ2v) is 6.22. The van der Waals surface area contributed by atoms with Crippen molar-refractivity contribution in [2.75, 3.05) is 33.3 Å². The lowest BCUT2D eigenvalue weighted by Crippen LogP contribution is -2.41. The van der Waals surface area contributed by atoms with E-state index in [0.29, 0.717) is 6.61 Å². The molecule has 1 saturated heterocycles. The molecule has 1 aliphatic heterocycles. The standard InChI is InChI=1S/C17H26N4O.HI/c1-18-17(20-9-10-22-16-7-4-8-19-11-16)21-12-14-5-2-3-6-15(14)13-21;/h4,7-8,11,14-15H,2-3,5-6,9-10,12-13H2,1H3,(H,18,20);1H. The number of aliphatic imine (C=N–C) groups is 1. The number of hydrogen-bond donors (Lipinski definition) is 1. The molecule has 3 rings (SSSR count). The number of halogens is 1. The number of fused-ring (bicyclic) bond motifs is 1. The molecule has 1 N–H and O–H groups in total. The lowest BCUT2D eigenvalue weighted by Gasteiger charge is -2.22. The summed E-state index contributed by atoms with van der Waals surface area (Å²) in [4.78, 5) is 10.9. The average molecular weight is 430 g/mol. The van der Waals surface area contributed by atoms with Crippen LogP contribution in [0.15, 0.2) is 29.5 Å². The molecule has 2 atom stereocenters. The largest absolute Gasteiger partial charge is 0.490 e. The lowest BCUT2D eigenvalue weighted by atomic mass is 9.82. The van der Waals surface area contributed by atoms with Gasteiger partial charge in [-0.25, -0.2) is 0 Å². The zero-order valence-corrected chi connectivity index (χ0v) is 16.1. The number of nitrogens with one attached hydrogen (secondary N) is 1. The van der Waals surface area contributed by atoms with Crippen LogP contribution in [0.2, 0.25) is 0 Å². The van der Waals surface area contributed by atoms with Gasteiger partial charge in [0.05, 0.1) is 12.7 Å². The third-order valence-electron chi connectivity index (χ3n) is 4.78. The molecule has 2 fully saturated rings. The first-order valence-corrected chi connectivity index (χ1v) is 8.35. The van der Waals surface area contributed by atoms with Crippen molar-refractivity contribution in [1.82, 2.24) is 15.2 Å². The van der Waals surface area contributed by atoms with Crippen molar-refractivity contribution in [1.29, 1.82) is 0 Å². The quantitative estimate of drug-likeness (QED) is 0.346. The molecule has 0 bridgehead atoms. The Kier molecular flexibility index (Phi) is 7.39. The number of guanidine groups is 1. The first kappa shape index (κ1) is 18.3. The van der Waals surface area contributed by atoms with E-state index in [9.17, 15) is 0 Å². The van der Waals surface area contributed by atoms with E-state index >= 15 is 0 Å². The molecule has 1 aliphatic carbocycles. The highest BCUT2D eigenvalue weighted by Crippen LogP contribution is 2.35. The molecule has 0 aromatic carbocycles. The smallest absolute Gasteiger partial charge is 0.193 e. The molecule has 1 aromatic rings. The maximum atomic E-state index is 5.66. The van der Waals surface area contributed by atoms with E-state index in [-0.39, 0.29) is 24.0 Å². The lowest BCUT2D eigenvalue weighted by molar-refractivity contribution is 0.299. The Labute approximate surface area is 155 Å². The molecule has 2 unspecified atom stereocenters. The molecule has 0 spiro atoms. The third-order valence-corrected chi connectivity index (χ3v) is 4.78. The maximum Gasteiger partial charge on any atom is 0.193 e. The zero-order chi connectivity index (χ0) is 15.2. The average Bonchev–Trinajstić information content (AvgIpc) is 2.99. The minimum absolute atomic E-state index is 0. The molecular weight excluding hydrogens is 403 g/mol. The van der Waals surface area contributed by atoms with Crippen LogP contribution in [0.4, 0.5) is 0 Å². The van der Waals surface area contributed by atoms with Crippen molar-refractivity contribution in [2.45, 2.75) is 25.7 Å². The van der Waals surface area contributed by atoms with Crippen molar-refractivity contribution in [3.8, 4) is 5.75 Å². The fourth-order valence-electron chi connectivity index (χ4n) is 3.68. The van der Waals surface area contributed by atoms with Gasteiger partial charge in [0.15, 0.2) is 5.96 Å². The van der Waals surface area contributed by atoms with E-state index in [1.807, 2.05) is 19.2 Å². The normalized spacial score (nSPS) is 23.9. The maximum absolute atomic E-state index is 5.66. The van der Waals surface area contributed by atoms with Gasteiger partial charge in [0.1, 0.15) is 12.4 Å². The van der Waals surface area contributed by atoms with Crippen molar-refractivity contribution >= 4 is 29.9 Å². The van der Waals surface area contributed by atoms with Gasteiger partial charge in [-0.05, 0) is 36.8 Å². The molecule has 2 aliphatic rings. The van der Waals surface area contributed by atoms with E-state index in [0.717, 1.165) is 43.2 Å². The number of aromatic nitrogens is 1. The highest BCUT2D eigenvalue weighted by Gasteiger charge is 2.35. The van der Waals surface area contributed by atoms with Gasteiger partial charge < -0.3 is 15.0 Å². The summed E-state index contributed by atoms with van der Waals surface area (Å²) in [6.45, 7) is 3.69. The molecule has 0 amide bonds. The number of nitrogens with zero attached hydrogens (tertiary/aromatic N) is 3. The number of rotatable bonds is 4. The number of hydrogen-bond acceptors (Lipinski definition) is 3. The molecule has 128 valence electrons. The highest BCUT2D eigenvalue weighted by atomic mass is 127. The van der Waals surface area contributed by atoms with Crippen LogP contribution in [0.5, 0.6) is 5.75 Å². The van der Waals surface area contributed by atoms with Crippen molar-refractivity contribution in [3.05, 3.63) is 24.5 Å². The number of likely N-dealkylation sites (tertiary alicyclic amines) is 1. The Bertz CT molecular complexity index is 483. The van der Waals surface area contributed by atoms with Crippen LogP contribution >= 0.6 is 24.0 Å². The van der Waals surface area contributed by atoms with Crippen molar-refractivity contribution in [2.24, 2.45) is 16.8 Å². The summed E-state index contributed by atoms with van der Waals surface area (Å²) in [6, 6.07) is 3.81. The summed E-state index contributed by atoms with van der Waals surface area (Å²) in [6.07, 6.45) is 9.07. The highest BCUT2D eigenvalue weighted by molar-refractivity contribution is 14.0. The van der Waals surface area contributed by atoms with Crippen LogP contribution in [0, 0.1) is 11.8 Å². The Morgan fingerprint density at radius 2 is 2.09 bits per heavy atom. The van der Waals surface area contributed by atoms with Gasteiger partial charge in [-0.15, -0.1) is 24.0 Å². The Morgan fingerprint density at radius 3 is 2.70 bits per heavy atom. The predicted molar refractivity (Wildman–Crippen MR) is 104 cm³/mol. The Morgan fingerprint density at radius 1 is 1.35 bits per heavy atom. The molecule has 23 heavy (non-hydrogen) atoms. The summed E-state index contributed by atoms with van der Waals surface area (Å²) in [5.74, 6) is 3.58. The van der Waals surface area contributed by atoms with Gasteiger partial charge >= 0.3 is 0 Å². The summed E-state index contributed by atoms with van der Waals surface area (Å²) in [5, 5.41) is 3.42. The van der Waals surface area contributed by atoms with Gasteiger partial charge in [0.25, 0.3) is 0 Å². The molecule has 5 nitrogen and oxygen atoms in total. The first-order valence-electron chi connectivity index (χ1n) is 8.35. The number of pyridine rings is 1. The van der Waals surface area contributed by atoms with Gasteiger partial charge in [-0.2, -0.15) is 0 Å². The fraction of sp³-hybridized carbons (Fsp3) is 0.647. The third kappa shape index (κ3) is 4.96. The summed E-state index contributed by atoms with van der Waals surface area (Å²) in [5.41, 5.74) is 0.